The van der Waals surface area contributed by atoms with Gasteiger partial charge in [0.05, 0.1) is 23.4 Å². The van der Waals surface area contributed by atoms with Crippen LogP contribution in [0.3, 0.4) is 0 Å². The molecule has 0 atom stereocenters. The topological polar surface area (TPSA) is 90.1 Å². The third-order valence-electron chi connectivity index (χ3n) is 4.56. The number of nitrogens with one attached hydrogen (secondary N) is 1. The van der Waals surface area contributed by atoms with Gasteiger partial charge < -0.3 is 14.6 Å². The number of carbonyl (C=O) groups is 1. The van der Waals surface area contributed by atoms with Gasteiger partial charge in [-0.25, -0.2) is 4.98 Å². The Bertz CT molecular complexity index is 1120. The zero-order valence-electron chi connectivity index (χ0n) is 16.6. The van der Waals surface area contributed by atoms with Crippen molar-refractivity contribution in [2.75, 3.05) is 5.32 Å². The van der Waals surface area contributed by atoms with Gasteiger partial charge in [-0.15, -0.1) is 11.3 Å². The monoisotopic (exact) mass is 420 g/mol. The zero-order chi connectivity index (χ0) is 20.9. The summed E-state index contributed by atoms with van der Waals surface area (Å²) in [5, 5.41) is 9.24. The molecule has 4 rings (SSSR count). The molecule has 0 aliphatic rings. The van der Waals surface area contributed by atoms with Gasteiger partial charge in [0, 0.05) is 23.3 Å². The normalized spacial score (nSPS) is 10.7. The fourth-order valence-electron chi connectivity index (χ4n) is 2.89. The Morgan fingerprint density at radius 3 is 2.73 bits per heavy atom. The van der Waals surface area contributed by atoms with Crippen molar-refractivity contribution in [2.45, 2.75) is 26.9 Å². The van der Waals surface area contributed by atoms with E-state index in [2.05, 4.69) is 20.4 Å². The first-order chi connectivity index (χ1) is 14.6. The van der Waals surface area contributed by atoms with Gasteiger partial charge >= 0.3 is 0 Å². The molecule has 1 aromatic carbocycles. The first-order valence-electron chi connectivity index (χ1n) is 9.38. The molecule has 3 aromatic heterocycles. The molecule has 0 saturated heterocycles. The van der Waals surface area contributed by atoms with Crippen LogP contribution in [-0.2, 0) is 17.8 Å². The molecule has 0 saturated carbocycles. The summed E-state index contributed by atoms with van der Waals surface area (Å²) in [4.78, 5) is 20.9. The molecule has 0 fully saturated rings. The first-order valence-corrected chi connectivity index (χ1v) is 10.3. The van der Waals surface area contributed by atoms with Crippen LogP contribution >= 0.6 is 11.3 Å². The van der Waals surface area contributed by atoms with Gasteiger partial charge in [-0.1, -0.05) is 17.3 Å². The number of hydrogen-bond donors (Lipinski definition) is 1. The number of aryl methyl sites for hydroxylation is 2. The molecule has 0 unspecified atom stereocenters. The van der Waals surface area contributed by atoms with Gasteiger partial charge in [0.2, 0.25) is 5.91 Å². The van der Waals surface area contributed by atoms with E-state index in [0.717, 1.165) is 39.6 Å². The van der Waals surface area contributed by atoms with E-state index in [9.17, 15) is 4.79 Å². The van der Waals surface area contributed by atoms with E-state index in [4.69, 9.17) is 9.26 Å². The van der Waals surface area contributed by atoms with Crippen molar-refractivity contribution in [2.24, 2.45) is 0 Å². The van der Waals surface area contributed by atoms with Crippen molar-refractivity contribution in [3.63, 3.8) is 0 Å². The number of rotatable bonds is 7. The number of anilines is 1. The lowest BCUT2D eigenvalue weighted by molar-refractivity contribution is -0.115. The molecule has 0 spiro atoms. The van der Waals surface area contributed by atoms with E-state index in [1.165, 1.54) is 11.3 Å². The van der Waals surface area contributed by atoms with Crippen molar-refractivity contribution in [3.8, 4) is 17.0 Å². The molecule has 0 aliphatic heterocycles. The molecule has 0 aliphatic carbocycles. The molecule has 7 nitrogen and oxygen atoms in total. The van der Waals surface area contributed by atoms with Crippen LogP contribution in [0, 0.1) is 13.8 Å². The Hall–Kier alpha value is -3.52. The summed E-state index contributed by atoms with van der Waals surface area (Å²) >= 11 is 1.39. The van der Waals surface area contributed by atoms with Crippen LogP contribution < -0.4 is 10.1 Å². The molecular formula is C22H20N4O3S. The molecule has 0 radical (unpaired) electrons. The van der Waals surface area contributed by atoms with Crippen LogP contribution in [0.25, 0.3) is 11.3 Å². The zero-order valence-corrected chi connectivity index (χ0v) is 17.4. The highest BCUT2D eigenvalue weighted by Crippen LogP contribution is 2.24. The summed E-state index contributed by atoms with van der Waals surface area (Å²) in [6, 6.07) is 11.3. The SMILES string of the molecule is Cc1noc(C)c1COc1ccc(CC(=O)Nc2nc(-c3cccnc3)cs2)cc1. The van der Waals surface area contributed by atoms with E-state index in [1.54, 1.807) is 12.4 Å². The first kappa shape index (κ1) is 19.8. The van der Waals surface area contributed by atoms with E-state index in [1.807, 2.05) is 55.6 Å². The van der Waals surface area contributed by atoms with Crippen LogP contribution in [0.5, 0.6) is 5.75 Å². The Morgan fingerprint density at radius 2 is 2.03 bits per heavy atom. The van der Waals surface area contributed by atoms with Gasteiger partial charge in [-0.3, -0.25) is 9.78 Å². The predicted molar refractivity (Wildman–Crippen MR) is 114 cm³/mol. The summed E-state index contributed by atoms with van der Waals surface area (Å²) < 4.78 is 10.9. The lowest BCUT2D eigenvalue weighted by atomic mass is 10.1. The number of hydrogen-bond acceptors (Lipinski definition) is 7. The number of thiazole rings is 1. The Kier molecular flexibility index (Phi) is 5.85. The molecule has 3 heterocycles. The van der Waals surface area contributed by atoms with E-state index in [-0.39, 0.29) is 12.3 Å². The standard InChI is InChI=1S/C22H20N4O3S/c1-14-19(15(2)29-26-14)12-28-18-7-5-16(6-8-18)10-21(27)25-22-24-20(13-30-22)17-4-3-9-23-11-17/h3-9,11,13H,10,12H2,1-2H3,(H,24,25,27). The molecule has 0 bridgehead atoms. The number of benzene rings is 1. The number of ether oxygens (including phenoxy) is 1. The van der Waals surface area contributed by atoms with E-state index < -0.39 is 0 Å². The molecule has 4 aromatic rings. The van der Waals surface area contributed by atoms with E-state index >= 15 is 0 Å². The van der Waals surface area contributed by atoms with Gasteiger partial charge in [0.25, 0.3) is 0 Å². The molecule has 30 heavy (non-hydrogen) atoms. The van der Waals surface area contributed by atoms with Gasteiger partial charge in [0.15, 0.2) is 5.13 Å². The van der Waals surface area contributed by atoms with Gasteiger partial charge in [-0.2, -0.15) is 0 Å². The molecule has 152 valence electrons. The van der Waals surface area contributed by atoms with Crippen LogP contribution in [0.4, 0.5) is 5.13 Å². The summed E-state index contributed by atoms with van der Waals surface area (Å²) in [5.74, 6) is 1.36. The Balaban J connectivity index is 1.31. The highest BCUT2D eigenvalue weighted by molar-refractivity contribution is 7.14. The van der Waals surface area contributed by atoms with Gasteiger partial charge in [-0.05, 0) is 43.7 Å². The van der Waals surface area contributed by atoms with Crippen molar-refractivity contribution >= 4 is 22.4 Å². The molecule has 1 amide bonds. The van der Waals surface area contributed by atoms with Crippen molar-refractivity contribution in [3.05, 3.63) is 76.8 Å². The molecule has 1 N–H and O–H groups in total. The third-order valence-corrected chi connectivity index (χ3v) is 5.32. The summed E-state index contributed by atoms with van der Waals surface area (Å²) in [7, 11) is 0. The summed E-state index contributed by atoms with van der Waals surface area (Å²) in [6.07, 6.45) is 3.72. The second-order valence-corrected chi connectivity index (χ2v) is 7.60. The second kappa shape index (κ2) is 8.87. The third kappa shape index (κ3) is 4.72. The minimum absolute atomic E-state index is 0.119. The molecular weight excluding hydrogens is 400 g/mol. The summed E-state index contributed by atoms with van der Waals surface area (Å²) in [5.41, 5.74) is 4.38. The minimum atomic E-state index is -0.119. The van der Waals surface area contributed by atoms with Crippen LogP contribution in [0.15, 0.2) is 58.7 Å². The number of carbonyl (C=O) groups excluding carboxylic acids is 1. The lowest BCUT2D eigenvalue weighted by Gasteiger charge is -2.07. The van der Waals surface area contributed by atoms with Crippen molar-refractivity contribution < 1.29 is 14.1 Å². The maximum absolute atomic E-state index is 12.4. The number of pyridine rings is 1. The average Bonchev–Trinajstić information content (AvgIpc) is 3.35. The van der Waals surface area contributed by atoms with Crippen LogP contribution in [0.1, 0.15) is 22.6 Å². The number of nitrogens with zero attached hydrogens (tertiary/aromatic N) is 3. The highest BCUT2D eigenvalue weighted by Gasteiger charge is 2.11. The van der Waals surface area contributed by atoms with Crippen molar-refractivity contribution in [1.29, 1.82) is 0 Å². The average molecular weight is 420 g/mol. The minimum Gasteiger partial charge on any atom is -0.489 e. The summed E-state index contributed by atoms with van der Waals surface area (Å²) in [6.45, 7) is 4.14. The van der Waals surface area contributed by atoms with Crippen LogP contribution in [0.2, 0.25) is 0 Å². The predicted octanol–water partition coefficient (Wildman–Crippen LogP) is 4.57. The Morgan fingerprint density at radius 1 is 1.20 bits per heavy atom. The van der Waals surface area contributed by atoms with Gasteiger partial charge in [0.1, 0.15) is 18.1 Å². The second-order valence-electron chi connectivity index (χ2n) is 6.74. The maximum Gasteiger partial charge on any atom is 0.230 e. The number of amides is 1. The van der Waals surface area contributed by atoms with E-state index in [0.29, 0.717) is 11.7 Å². The highest BCUT2D eigenvalue weighted by atomic mass is 32.1. The number of aromatic nitrogens is 3. The quantitative estimate of drug-likeness (QED) is 0.471. The fourth-order valence-corrected chi connectivity index (χ4v) is 3.63. The smallest absolute Gasteiger partial charge is 0.230 e. The maximum atomic E-state index is 12.4. The molecule has 8 heteroatoms. The Labute approximate surface area is 177 Å². The fraction of sp³-hybridized carbons (Fsp3) is 0.182. The largest absolute Gasteiger partial charge is 0.489 e. The van der Waals surface area contributed by atoms with Crippen molar-refractivity contribution in [1.82, 2.24) is 15.1 Å². The lowest BCUT2D eigenvalue weighted by Crippen LogP contribution is -2.14. The van der Waals surface area contributed by atoms with Crippen LogP contribution in [-0.4, -0.2) is 21.0 Å².